The predicted octanol–water partition coefficient (Wildman–Crippen LogP) is 4.82. The van der Waals surface area contributed by atoms with Gasteiger partial charge in [0.2, 0.25) is 11.8 Å². The van der Waals surface area contributed by atoms with Crippen molar-refractivity contribution in [2.24, 2.45) is 16.8 Å². The molecule has 0 radical (unpaired) electrons. The molecule has 0 aliphatic carbocycles. The molecule has 6 rings (SSSR count). The van der Waals surface area contributed by atoms with Gasteiger partial charge in [-0.1, -0.05) is 76.2 Å². The first kappa shape index (κ1) is 40.1. The number of amides is 4. The van der Waals surface area contributed by atoms with Gasteiger partial charge in [-0.15, -0.1) is 0 Å². The summed E-state index contributed by atoms with van der Waals surface area (Å²) < 4.78 is 21.0. The normalized spacial score (nSPS) is 19.6. The van der Waals surface area contributed by atoms with Crippen molar-refractivity contribution in [2.45, 2.75) is 58.3 Å². The van der Waals surface area contributed by atoms with Crippen molar-refractivity contribution in [3.8, 4) is 22.4 Å². The third kappa shape index (κ3) is 8.95. The van der Waals surface area contributed by atoms with E-state index in [-0.39, 0.29) is 36.3 Å². The summed E-state index contributed by atoms with van der Waals surface area (Å²) in [7, 11) is 2.55. The fourth-order valence-electron chi connectivity index (χ4n) is 7.19. The van der Waals surface area contributed by atoms with E-state index in [9.17, 15) is 19.2 Å². The molecule has 15 heteroatoms. The number of imidazole rings is 1. The summed E-state index contributed by atoms with van der Waals surface area (Å²) in [4.78, 5) is 67.5. The lowest BCUT2D eigenvalue weighted by molar-refractivity contribution is -0.144. The van der Waals surface area contributed by atoms with Crippen molar-refractivity contribution in [2.75, 3.05) is 53.7 Å². The van der Waals surface area contributed by atoms with E-state index < -0.39 is 30.3 Å². The highest BCUT2D eigenvalue weighted by Gasteiger charge is 2.39. The van der Waals surface area contributed by atoms with Gasteiger partial charge in [0.15, 0.2) is 0 Å². The lowest BCUT2D eigenvalue weighted by Crippen LogP contribution is -2.59. The quantitative estimate of drug-likeness (QED) is 0.247. The van der Waals surface area contributed by atoms with E-state index in [1.165, 1.54) is 14.2 Å². The number of carbonyl (C=O) groups is 4. The molecule has 0 saturated carbocycles. The van der Waals surface area contributed by atoms with Gasteiger partial charge in [0.1, 0.15) is 23.9 Å². The third-order valence-corrected chi connectivity index (χ3v) is 10.4. The van der Waals surface area contributed by atoms with Crippen LogP contribution in [-0.2, 0) is 28.5 Å². The molecule has 15 nitrogen and oxygen atoms in total. The highest BCUT2D eigenvalue weighted by Crippen LogP contribution is 2.31. The maximum atomic E-state index is 13.7. The molecular weight excluding hydrogens is 718 g/mol. The van der Waals surface area contributed by atoms with Gasteiger partial charge < -0.3 is 44.4 Å². The summed E-state index contributed by atoms with van der Waals surface area (Å²) in [5.74, 6) is -0.0720. The number of ether oxygens (including phenoxy) is 4. The predicted molar refractivity (Wildman–Crippen MR) is 209 cm³/mol. The van der Waals surface area contributed by atoms with Gasteiger partial charge in [-0.2, -0.15) is 0 Å². The average molecular weight is 770 g/mol. The first-order valence-electron chi connectivity index (χ1n) is 19.0. The van der Waals surface area contributed by atoms with Gasteiger partial charge in [0, 0.05) is 31.4 Å². The van der Waals surface area contributed by atoms with Gasteiger partial charge in [-0.25, -0.2) is 14.6 Å². The SMILES string of the molecule is COC(=O)N[C@H](C(=O)N1CCOCC1c1ncc(-c2ccc(-c3ccc(C4=CN=C([C@@H]5COCCN5C(=O)[C@@H](NC(=O)OC)C(C)C)C4)cc3)cc2)[nH]1)C(C)C. The zero-order valence-corrected chi connectivity index (χ0v) is 32.7. The highest BCUT2D eigenvalue weighted by molar-refractivity contribution is 6.03. The zero-order chi connectivity index (χ0) is 39.9. The molecule has 2 fully saturated rings. The van der Waals surface area contributed by atoms with E-state index in [4.69, 9.17) is 23.9 Å². The van der Waals surface area contributed by atoms with E-state index in [2.05, 4.69) is 57.0 Å². The maximum Gasteiger partial charge on any atom is 0.407 e. The molecule has 3 aromatic rings. The summed E-state index contributed by atoms with van der Waals surface area (Å²) in [5.41, 5.74) is 6.77. The number of aromatic nitrogens is 2. The minimum atomic E-state index is -0.749. The Kier molecular flexibility index (Phi) is 12.9. The molecule has 3 aliphatic heterocycles. The Morgan fingerprint density at radius 3 is 1.73 bits per heavy atom. The summed E-state index contributed by atoms with van der Waals surface area (Å²) in [5, 5.41) is 5.36. The molecule has 1 aromatic heterocycles. The first-order chi connectivity index (χ1) is 27.0. The minimum Gasteiger partial charge on any atom is -0.453 e. The van der Waals surface area contributed by atoms with Crippen molar-refractivity contribution in [3.05, 3.63) is 72.3 Å². The number of hydrogen-bond donors (Lipinski definition) is 3. The zero-order valence-electron chi connectivity index (χ0n) is 32.7. The third-order valence-electron chi connectivity index (χ3n) is 10.4. The second-order valence-electron chi connectivity index (χ2n) is 14.7. The van der Waals surface area contributed by atoms with Crippen LogP contribution >= 0.6 is 0 Å². The second-order valence-corrected chi connectivity index (χ2v) is 14.7. The average Bonchev–Trinajstić information content (AvgIpc) is 3.93. The number of carbonyl (C=O) groups excluding carboxylic acids is 4. The number of methoxy groups -OCH3 is 2. The van der Waals surface area contributed by atoms with Gasteiger partial charge in [-0.3, -0.25) is 14.6 Å². The summed E-state index contributed by atoms with van der Waals surface area (Å²) in [6, 6.07) is 14.2. The number of allylic oxidation sites excluding steroid dienone is 1. The summed E-state index contributed by atoms with van der Waals surface area (Å²) >= 11 is 0. The van der Waals surface area contributed by atoms with Crippen LogP contribution in [0.3, 0.4) is 0 Å². The Balaban J connectivity index is 1.09. The lowest BCUT2D eigenvalue weighted by Gasteiger charge is -2.38. The van der Waals surface area contributed by atoms with Crippen LogP contribution in [0.2, 0.25) is 0 Å². The molecule has 4 atom stereocenters. The van der Waals surface area contributed by atoms with Gasteiger partial charge >= 0.3 is 12.2 Å². The van der Waals surface area contributed by atoms with E-state index >= 15 is 0 Å². The smallest absolute Gasteiger partial charge is 0.407 e. The molecule has 1 unspecified atom stereocenters. The Hall–Kier alpha value is -5.54. The molecule has 0 spiro atoms. The fourth-order valence-corrected chi connectivity index (χ4v) is 7.19. The van der Waals surface area contributed by atoms with Crippen molar-refractivity contribution < 1.29 is 38.1 Å². The van der Waals surface area contributed by atoms with E-state index in [1.54, 1.807) is 16.0 Å². The Bertz CT molecular complexity index is 1940. The van der Waals surface area contributed by atoms with Crippen LogP contribution in [0.25, 0.3) is 28.0 Å². The molecule has 298 valence electrons. The number of morpholine rings is 2. The molecule has 0 bridgehead atoms. The second kappa shape index (κ2) is 17.9. The topological polar surface area (TPSA) is 177 Å². The Morgan fingerprint density at radius 1 is 0.732 bits per heavy atom. The molecule has 2 aromatic carbocycles. The van der Waals surface area contributed by atoms with Crippen molar-refractivity contribution in [3.63, 3.8) is 0 Å². The van der Waals surface area contributed by atoms with E-state index in [0.717, 1.165) is 39.2 Å². The van der Waals surface area contributed by atoms with Crippen molar-refractivity contribution in [1.29, 1.82) is 0 Å². The highest BCUT2D eigenvalue weighted by atomic mass is 16.5. The summed E-state index contributed by atoms with van der Waals surface area (Å²) in [6.07, 6.45) is 2.90. The van der Waals surface area contributed by atoms with Crippen LogP contribution in [0.15, 0.2) is 65.9 Å². The molecular formula is C41H51N7O8. The van der Waals surface area contributed by atoms with Crippen LogP contribution in [0.5, 0.6) is 0 Å². The van der Waals surface area contributed by atoms with Gasteiger partial charge in [0.05, 0.1) is 58.6 Å². The number of rotatable bonds is 11. The molecule has 4 amide bonds. The van der Waals surface area contributed by atoms with E-state index in [0.29, 0.717) is 45.2 Å². The Labute approximate surface area is 326 Å². The van der Waals surface area contributed by atoms with Crippen LogP contribution < -0.4 is 10.6 Å². The van der Waals surface area contributed by atoms with Crippen LogP contribution in [0, 0.1) is 11.8 Å². The molecule has 56 heavy (non-hydrogen) atoms. The van der Waals surface area contributed by atoms with Gasteiger partial charge in [-0.05, 0) is 39.7 Å². The van der Waals surface area contributed by atoms with Crippen LogP contribution in [0.4, 0.5) is 9.59 Å². The molecule has 2 saturated heterocycles. The number of alkyl carbamates (subject to hydrolysis) is 2. The number of aromatic amines is 1. The molecule has 3 aliphatic rings. The standard InChI is InChI=1S/C41H51N7O8/c1-24(2)35(45-40(51)53-5)38(49)47-15-17-55-22-33(47)31-19-30(20-42-31)28-9-7-26(8-10-28)27-11-13-29(14-12-27)32-21-43-37(44-32)34-23-56-18-16-48(34)39(50)36(25(3)4)46-41(52)54-6/h7-14,20-21,24-25,33-36H,15-19,22-23H2,1-6H3,(H,43,44)(H,45,51)(H,46,52)/t33-,34?,35-,36-/m0/s1. The minimum absolute atomic E-state index is 0.132. The number of benzene rings is 2. The monoisotopic (exact) mass is 769 g/mol. The fraction of sp³-hybridized carbons (Fsp3) is 0.463. The van der Waals surface area contributed by atoms with Crippen LogP contribution in [0.1, 0.15) is 51.5 Å². The first-order valence-corrected chi connectivity index (χ1v) is 19.0. The Morgan fingerprint density at radius 2 is 1.21 bits per heavy atom. The largest absolute Gasteiger partial charge is 0.453 e. The number of H-pyrrole nitrogens is 1. The van der Waals surface area contributed by atoms with Crippen LogP contribution in [-0.4, -0.2) is 121 Å². The molecule has 4 heterocycles. The maximum absolute atomic E-state index is 13.7. The van der Waals surface area contributed by atoms with Crippen molar-refractivity contribution >= 4 is 35.3 Å². The number of nitrogens with one attached hydrogen (secondary N) is 3. The number of hydrogen-bond acceptors (Lipinski definition) is 10. The number of aliphatic imine (C=N–C) groups is 1. The van der Waals surface area contributed by atoms with Crippen molar-refractivity contribution in [1.82, 2.24) is 30.4 Å². The number of nitrogens with zero attached hydrogens (tertiary/aromatic N) is 4. The van der Waals surface area contributed by atoms with E-state index in [1.807, 2.05) is 46.0 Å². The molecule has 3 N–H and O–H groups in total. The summed E-state index contributed by atoms with van der Waals surface area (Å²) in [6.45, 7) is 9.73. The van der Waals surface area contributed by atoms with Gasteiger partial charge in [0.25, 0.3) is 0 Å². The lowest BCUT2D eigenvalue weighted by atomic mass is 9.95.